The summed E-state index contributed by atoms with van der Waals surface area (Å²) in [5.74, 6) is 0.969. The summed E-state index contributed by atoms with van der Waals surface area (Å²) in [4.78, 5) is 14.6. The molecule has 5 heteroatoms. The highest BCUT2D eigenvalue weighted by Gasteiger charge is 2.33. The zero-order chi connectivity index (χ0) is 18.6. The number of nitrogens with one attached hydrogen (secondary N) is 1. The Balaban J connectivity index is 1.50. The number of carbonyl (C=O) groups is 1. The molecule has 1 amide bonds. The second-order valence-corrected chi connectivity index (χ2v) is 8.50. The number of para-hydroxylation sites is 1. The van der Waals surface area contributed by atoms with Crippen LogP contribution in [-0.2, 0) is 11.3 Å². The first kappa shape index (κ1) is 19.2. The first-order chi connectivity index (χ1) is 12.4. The molecule has 1 aromatic carbocycles. The Morgan fingerprint density at radius 1 is 1.27 bits per heavy atom. The minimum absolute atomic E-state index is 0.0558. The lowest BCUT2D eigenvalue weighted by Crippen LogP contribution is -2.54. The molecule has 3 N–H and O–H groups in total. The normalized spacial score (nSPS) is 23.7. The molecule has 0 bridgehead atoms. The maximum Gasteiger partial charge on any atom is 0.234 e. The van der Waals surface area contributed by atoms with Crippen molar-refractivity contribution < 1.29 is 9.53 Å². The van der Waals surface area contributed by atoms with E-state index in [9.17, 15) is 4.79 Å². The maximum atomic E-state index is 12.4. The number of amides is 1. The predicted octanol–water partition coefficient (Wildman–Crippen LogP) is 2.68. The molecular weight excluding hydrogens is 326 g/mol. The van der Waals surface area contributed by atoms with Gasteiger partial charge in [-0.3, -0.25) is 9.69 Å². The number of nitrogens with zero attached hydrogens (tertiary/aromatic N) is 1. The average molecular weight is 360 g/mol. The van der Waals surface area contributed by atoms with Crippen LogP contribution >= 0.6 is 0 Å². The molecule has 2 fully saturated rings. The Labute approximate surface area is 157 Å². The zero-order valence-electron chi connectivity index (χ0n) is 16.2. The topological polar surface area (TPSA) is 67.6 Å². The van der Waals surface area contributed by atoms with Crippen LogP contribution in [0.4, 0.5) is 0 Å². The third-order valence-electron chi connectivity index (χ3n) is 5.80. The third-order valence-corrected chi connectivity index (χ3v) is 5.80. The highest BCUT2D eigenvalue weighted by atomic mass is 16.5. The molecule has 0 radical (unpaired) electrons. The molecule has 1 saturated heterocycles. The lowest BCUT2D eigenvalue weighted by molar-refractivity contribution is -0.123. The fourth-order valence-electron chi connectivity index (χ4n) is 4.02. The van der Waals surface area contributed by atoms with Crippen molar-refractivity contribution in [2.75, 3.05) is 19.6 Å². The Bertz CT molecular complexity index is 611. The third kappa shape index (κ3) is 4.98. The van der Waals surface area contributed by atoms with Crippen LogP contribution in [0, 0.1) is 5.41 Å². The molecule has 144 valence electrons. The van der Waals surface area contributed by atoms with Crippen molar-refractivity contribution in [1.82, 2.24) is 10.2 Å². The Kier molecular flexibility index (Phi) is 6.20. The molecule has 1 unspecified atom stereocenters. The molecule has 1 heterocycles. The van der Waals surface area contributed by atoms with Crippen LogP contribution in [0.2, 0.25) is 0 Å². The molecule has 5 nitrogen and oxygen atoms in total. The van der Waals surface area contributed by atoms with Crippen LogP contribution in [0.5, 0.6) is 5.75 Å². The number of benzene rings is 1. The Morgan fingerprint density at radius 2 is 2.00 bits per heavy atom. The van der Waals surface area contributed by atoms with Gasteiger partial charge in [0.25, 0.3) is 0 Å². The molecule has 1 aliphatic heterocycles. The van der Waals surface area contributed by atoms with Crippen molar-refractivity contribution in [3.05, 3.63) is 29.8 Å². The zero-order valence-corrected chi connectivity index (χ0v) is 16.2. The first-order valence-electron chi connectivity index (χ1n) is 9.93. The fraction of sp³-hybridized carbons (Fsp3) is 0.667. The first-order valence-corrected chi connectivity index (χ1v) is 9.93. The van der Waals surface area contributed by atoms with Gasteiger partial charge in [-0.1, -0.05) is 32.0 Å². The van der Waals surface area contributed by atoms with Crippen molar-refractivity contribution in [1.29, 1.82) is 0 Å². The smallest absolute Gasteiger partial charge is 0.234 e. The fourth-order valence-corrected chi connectivity index (χ4v) is 4.02. The summed E-state index contributed by atoms with van der Waals surface area (Å²) in [5, 5.41) is 3.06. The van der Waals surface area contributed by atoms with Crippen LogP contribution in [0.3, 0.4) is 0 Å². The van der Waals surface area contributed by atoms with Gasteiger partial charge in [0.05, 0.1) is 12.6 Å². The number of rotatable bonds is 6. The summed E-state index contributed by atoms with van der Waals surface area (Å²) in [7, 11) is 0. The van der Waals surface area contributed by atoms with E-state index in [1.165, 1.54) is 12.8 Å². The van der Waals surface area contributed by atoms with Gasteiger partial charge < -0.3 is 15.8 Å². The van der Waals surface area contributed by atoms with Crippen LogP contribution < -0.4 is 15.8 Å². The summed E-state index contributed by atoms with van der Waals surface area (Å²) < 4.78 is 6.15. The van der Waals surface area contributed by atoms with Crippen LogP contribution in [0.15, 0.2) is 24.3 Å². The van der Waals surface area contributed by atoms with Crippen molar-refractivity contribution in [2.24, 2.45) is 11.1 Å². The molecule has 1 atom stereocenters. The van der Waals surface area contributed by atoms with Crippen LogP contribution in [0.1, 0.15) is 51.5 Å². The highest BCUT2D eigenvalue weighted by Crippen LogP contribution is 2.28. The minimum Gasteiger partial charge on any atom is -0.490 e. The Hall–Kier alpha value is -1.59. The number of ether oxygens (including phenoxy) is 1. The highest BCUT2D eigenvalue weighted by molar-refractivity contribution is 5.78. The largest absolute Gasteiger partial charge is 0.490 e. The second-order valence-electron chi connectivity index (χ2n) is 8.50. The molecule has 26 heavy (non-hydrogen) atoms. The molecule has 0 spiro atoms. The van der Waals surface area contributed by atoms with E-state index in [0.29, 0.717) is 19.2 Å². The standard InChI is InChI=1S/C21H33N3O2/c1-21(2)15-24(12-11-19(21)22)14-20(25)23-13-16-7-3-6-10-18(16)26-17-8-4-5-9-17/h3,6-7,10,17,19H,4-5,8-9,11-15,22H2,1-2H3,(H,23,25). The summed E-state index contributed by atoms with van der Waals surface area (Å²) in [5.41, 5.74) is 7.29. The monoisotopic (exact) mass is 359 g/mol. The van der Waals surface area contributed by atoms with E-state index in [1.54, 1.807) is 0 Å². The Morgan fingerprint density at radius 3 is 2.73 bits per heavy atom. The number of likely N-dealkylation sites (tertiary alicyclic amines) is 1. The quantitative estimate of drug-likeness (QED) is 0.819. The number of hydrogen-bond acceptors (Lipinski definition) is 4. The SMILES string of the molecule is CC1(C)CN(CC(=O)NCc2ccccc2OC2CCCC2)CCC1N. The van der Waals surface area contributed by atoms with Gasteiger partial charge in [-0.15, -0.1) is 0 Å². The summed E-state index contributed by atoms with van der Waals surface area (Å²) in [6.45, 7) is 7.05. The van der Waals surface area contributed by atoms with E-state index < -0.39 is 0 Å². The number of carbonyl (C=O) groups excluding carboxylic acids is 1. The van der Waals surface area contributed by atoms with Crippen LogP contribution in [0.25, 0.3) is 0 Å². The average Bonchev–Trinajstić information content (AvgIpc) is 3.10. The van der Waals surface area contributed by atoms with Gasteiger partial charge in [0.15, 0.2) is 0 Å². The summed E-state index contributed by atoms with van der Waals surface area (Å²) >= 11 is 0. The molecule has 2 aliphatic rings. The minimum atomic E-state index is 0.0558. The maximum absolute atomic E-state index is 12.4. The molecular formula is C21H33N3O2. The summed E-state index contributed by atoms with van der Waals surface area (Å²) in [6, 6.07) is 8.25. The lowest BCUT2D eigenvalue weighted by atomic mass is 9.80. The van der Waals surface area contributed by atoms with Crippen molar-refractivity contribution in [3.63, 3.8) is 0 Å². The number of nitrogens with two attached hydrogens (primary N) is 1. The number of piperidine rings is 1. The lowest BCUT2D eigenvalue weighted by Gasteiger charge is -2.42. The molecule has 1 aromatic rings. The molecule has 0 aromatic heterocycles. The van der Waals surface area contributed by atoms with E-state index in [2.05, 4.69) is 24.1 Å². The van der Waals surface area contributed by atoms with E-state index in [4.69, 9.17) is 10.5 Å². The van der Waals surface area contributed by atoms with E-state index in [1.807, 2.05) is 24.3 Å². The van der Waals surface area contributed by atoms with Gasteiger partial charge in [-0.2, -0.15) is 0 Å². The van der Waals surface area contributed by atoms with Gasteiger partial charge >= 0.3 is 0 Å². The number of hydrogen-bond donors (Lipinski definition) is 2. The van der Waals surface area contributed by atoms with Gasteiger partial charge in [-0.05, 0) is 43.6 Å². The van der Waals surface area contributed by atoms with Crippen molar-refractivity contribution in [2.45, 2.75) is 64.6 Å². The van der Waals surface area contributed by atoms with Crippen molar-refractivity contribution >= 4 is 5.91 Å². The van der Waals surface area contributed by atoms with E-state index in [0.717, 1.165) is 43.7 Å². The van der Waals surface area contributed by atoms with E-state index in [-0.39, 0.29) is 17.4 Å². The van der Waals surface area contributed by atoms with Gasteiger partial charge in [0.2, 0.25) is 5.91 Å². The molecule has 3 rings (SSSR count). The second kappa shape index (κ2) is 8.40. The van der Waals surface area contributed by atoms with Crippen LogP contribution in [-0.4, -0.2) is 42.6 Å². The van der Waals surface area contributed by atoms with Gasteiger partial charge in [0.1, 0.15) is 5.75 Å². The van der Waals surface area contributed by atoms with Gasteiger partial charge in [0, 0.05) is 31.2 Å². The summed E-state index contributed by atoms with van der Waals surface area (Å²) in [6.07, 6.45) is 6.03. The molecule has 1 aliphatic carbocycles. The van der Waals surface area contributed by atoms with Gasteiger partial charge in [-0.25, -0.2) is 0 Å². The van der Waals surface area contributed by atoms with Crippen molar-refractivity contribution in [3.8, 4) is 5.75 Å². The van der Waals surface area contributed by atoms with E-state index >= 15 is 0 Å². The predicted molar refractivity (Wildman–Crippen MR) is 104 cm³/mol. The molecule has 1 saturated carbocycles.